The Balaban J connectivity index is 1.93. The van der Waals surface area contributed by atoms with Crippen LogP contribution in [0.3, 0.4) is 0 Å². The van der Waals surface area contributed by atoms with E-state index in [1.807, 2.05) is 4.90 Å². The fraction of sp³-hybridized carbons (Fsp3) is 0.750. The van der Waals surface area contributed by atoms with Crippen LogP contribution in [-0.2, 0) is 16.4 Å². The molecule has 21 heavy (non-hydrogen) atoms. The molecule has 118 valence electrons. The summed E-state index contributed by atoms with van der Waals surface area (Å²) in [6.45, 7) is 5.76. The van der Waals surface area contributed by atoms with Crippen LogP contribution in [0.25, 0.3) is 0 Å². The number of sulfone groups is 1. The first-order valence-corrected chi connectivity index (χ1v) is 8.51. The van der Waals surface area contributed by atoms with Crippen molar-refractivity contribution >= 4 is 15.8 Å². The van der Waals surface area contributed by atoms with Gasteiger partial charge in [0.15, 0.2) is 15.8 Å². The van der Waals surface area contributed by atoms with Crippen LogP contribution in [0.15, 0.2) is 17.6 Å². The summed E-state index contributed by atoms with van der Waals surface area (Å²) in [5.41, 5.74) is 0. The largest absolute Gasteiger partial charge is 0.354 e. The van der Waals surface area contributed by atoms with Gasteiger partial charge in [-0.05, 0) is 13.8 Å². The van der Waals surface area contributed by atoms with Crippen molar-refractivity contribution in [2.75, 3.05) is 32.4 Å². The van der Waals surface area contributed by atoms with Gasteiger partial charge in [0.05, 0.1) is 17.0 Å². The Morgan fingerprint density at radius 1 is 1.48 bits per heavy atom. The van der Waals surface area contributed by atoms with Gasteiger partial charge < -0.3 is 10.2 Å². The second-order valence-electron chi connectivity index (χ2n) is 5.63. The number of rotatable bonds is 3. The average molecular weight is 314 g/mol. The topological polar surface area (TPSA) is 92.5 Å². The first kappa shape index (κ1) is 15.7. The molecule has 9 heteroatoms. The van der Waals surface area contributed by atoms with Crippen LogP contribution in [-0.4, -0.2) is 71.2 Å². The van der Waals surface area contributed by atoms with E-state index < -0.39 is 14.6 Å². The van der Waals surface area contributed by atoms with Crippen LogP contribution in [0.2, 0.25) is 0 Å². The van der Waals surface area contributed by atoms with Crippen LogP contribution in [0.1, 0.15) is 13.8 Å². The fourth-order valence-electron chi connectivity index (χ4n) is 2.29. The van der Waals surface area contributed by atoms with Crippen molar-refractivity contribution in [3.8, 4) is 0 Å². The monoisotopic (exact) mass is 314 g/mol. The van der Waals surface area contributed by atoms with Crippen LogP contribution >= 0.6 is 0 Å². The molecule has 0 amide bonds. The molecule has 1 N–H and O–H groups in total. The number of aromatic nitrogens is 3. The predicted octanol–water partition coefficient (Wildman–Crippen LogP) is -0.637. The summed E-state index contributed by atoms with van der Waals surface area (Å²) in [5, 5.41) is 7.26. The Hall–Kier alpha value is -1.64. The van der Waals surface area contributed by atoms with Crippen LogP contribution in [0.5, 0.6) is 0 Å². The molecule has 0 aliphatic carbocycles. The van der Waals surface area contributed by atoms with E-state index >= 15 is 0 Å². The van der Waals surface area contributed by atoms with Crippen molar-refractivity contribution in [2.24, 2.45) is 4.99 Å². The molecule has 1 aliphatic heterocycles. The minimum absolute atomic E-state index is 0.157. The number of nitrogens with one attached hydrogen (secondary N) is 1. The molecule has 0 saturated carbocycles. The van der Waals surface area contributed by atoms with E-state index in [1.165, 1.54) is 6.33 Å². The molecular weight excluding hydrogens is 292 g/mol. The Labute approximate surface area is 125 Å². The molecule has 8 nitrogen and oxygen atoms in total. The molecule has 0 aromatic carbocycles. The van der Waals surface area contributed by atoms with Gasteiger partial charge in [-0.3, -0.25) is 9.67 Å². The number of aliphatic imine (C=N–C) groups is 1. The molecule has 2 heterocycles. The molecule has 1 aliphatic rings. The molecule has 1 aromatic rings. The zero-order chi connectivity index (χ0) is 15.5. The Bertz CT molecular complexity index is 593. The van der Waals surface area contributed by atoms with E-state index in [9.17, 15) is 8.42 Å². The summed E-state index contributed by atoms with van der Waals surface area (Å²) in [6.07, 6.45) is 3.15. The summed E-state index contributed by atoms with van der Waals surface area (Å²) in [5.74, 6) is 0.877. The molecule has 2 rings (SSSR count). The number of guanidine groups is 1. The predicted molar refractivity (Wildman–Crippen MR) is 80.8 cm³/mol. The highest BCUT2D eigenvalue weighted by molar-refractivity contribution is 7.92. The lowest BCUT2D eigenvalue weighted by atomic mass is 10.2. The van der Waals surface area contributed by atoms with Gasteiger partial charge in [-0.15, -0.1) is 0 Å². The zero-order valence-corrected chi connectivity index (χ0v) is 13.5. The van der Waals surface area contributed by atoms with E-state index in [1.54, 1.807) is 31.9 Å². The molecular formula is C12H22N6O2S. The molecule has 0 bridgehead atoms. The number of hydrogen-bond acceptors (Lipinski definition) is 5. The first-order valence-electron chi connectivity index (χ1n) is 6.86. The molecule has 0 unspecified atom stereocenters. The van der Waals surface area contributed by atoms with Gasteiger partial charge in [0.1, 0.15) is 12.7 Å². The molecule has 1 fully saturated rings. The minimum Gasteiger partial charge on any atom is -0.354 e. The van der Waals surface area contributed by atoms with Crippen LogP contribution in [0.4, 0.5) is 0 Å². The van der Waals surface area contributed by atoms with Crippen molar-refractivity contribution in [1.82, 2.24) is 25.0 Å². The maximum atomic E-state index is 12.0. The summed E-state index contributed by atoms with van der Waals surface area (Å²) >= 11 is 0. The quantitative estimate of drug-likeness (QED) is 0.589. The average Bonchev–Trinajstić information content (AvgIpc) is 2.91. The van der Waals surface area contributed by atoms with Gasteiger partial charge in [0.25, 0.3) is 0 Å². The van der Waals surface area contributed by atoms with Crippen molar-refractivity contribution in [3.63, 3.8) is 0 Å². The van der Waals surface area contributed by atoms with Gasteiger partial charge in [-0.25, -0.2) is 13.4 Å². The first-order chi connectivity index (χ1) is 9.86. The molecule has 1 saturated heterocycles. The lowest BCUT2D eigenvalue weighted by molar-refractivity contribution is 0.352. The third kappa shape index (κ3) is 3.52. The van der Waals surface area contributed by atoms with Crippen LogP contribution < -0.4 is 5.32 Å². The van der Waals surface area contributed by atoms with Gasteiger partial charge in [0.2, 0.25) is 0 Å². The maximum Gasteiger partial charge on any atom is 0.193 e. The Morgan fingerprint density at radius 2 is 2.24 bits per heavy atom. The summed E-state index contributed by atoms with van der Waals surface area (Å²) in [6, 6.07) is 0. The van der Waals surface area contributed by atoms with E-state index in [2.05, 4.69) is 20.4 Å². The van der Waals surface area contributed by atoms with Gasteiger partial charge in [-0.2, -0.15) is 5.10 Å². The van der Waals surface area contributed by atoms with E-state index in [4.69, 9.17) is 0 Å². The minimum atomic E-state index is -3.04. The lowest BCUT2D eigenvalue weighted by Crippen LogP contribution is -2.57. The highest BCUT2D eigenvalue weighted by atomic mass is 32.2. The highest BCUT2D eigenvalue weighted by Crippen LogP contribution is 2.23. The van der Waals surface area contributed by atoms with E-state index in [0.29, 0.717) is 26.2 Å². The lowest BCUT2D eigenvalue weighted by Gasteiger charge is -2.39. The van der Waals surface area contributed by atoms with Crippen molar-refractivity contribution in [3.05, 3.63) is 12.7 Å². The third-order valence-corrected chi connectivity index (χ3v) is 6.18. The normalized spacial score (nSPS) is 21.3. The van der Waals surface area contributed by atoms with Crippen molar-refractivity contribution in [1.29, 1.82) is 0 Å². The Morgan fingerprint density at radius 3 is 2.81 bits per heavy atom. The molecule has 0 spiro atoms. The van der Waals surface area contributed by atoms with Crippen molar-refractivity contribution in [2.45, 2.75) is 25.1 Å². The smallest absolute Gasteiger partial charge is 0.193 e. The fourth-order valence-corrected chi connectivity index (χ4v) is 3.65. The summed E-state index contributed by atoms with van der Waals surface area (Å²) < 4.78 is 25.0. The van der Waals surface area contributed by atoms with Gasteiger partial charge >= 0.3 is 0 Å². The Kier molecular flexibility index (Phi) is 4.50. The summed E-state index contributed by atoms with van der Waals surface area (Å²) in [4.78, 5) is 10.1. The standard InChI is InChI=1S/C12H22N6O2S/c1-12(2)8-17(6-7-21(12,19)20)11(13-3)15-4-5-18-10-14-9-16-18/h9-10H,4-8H2,1-3H3,(H,13,15). The molecule has 1 aromatic heterocycles. The van der Waals surface area contributed by atoms with Gasteiger partial charge in [0, 0.05) is 26.7 Å². The van der Waals surface area contributed by atoms with Crippen LogP contribution in [0, 0.1) is 0 Å². The molecule has 0 atom stereocenters. The SMILES string of the molecule is CN=C(NCCn1cncn1)N1CCS(=O)(=O)C(C)(C)C1. The van der Waals surface area contributed by atoms with E-state index in [0.717, 1.165) is 5.96 Å². The van der Waals surface area contributed by atoms with E-state index in [-0.39, 0.29) is 5.75 Å². The number of hydrogen-bond donors (Lipinski definition) is 1. The van der Waals surface area contributed by atoms with Crippen molar-refractivity contribution < 1.29 is 8.42 Å². The maximum absolute atomic E-state index is 12.0. The highest BCUT2D eigenvalue weighted by Gasteiger charge is 2.40. The second-order valence-corrected chi connectivity index (χ2v) is 8.38. The number of nitrogens with zero attached hydrogens (tertiary/aromatic N) is 5. The summed E-state index contributed by atoms with van der Waals surface area (Å²) in [7, 11) is -1.34. The molecule has 0 radical (unpaired) electrons. The zero-order valence-electron chi connectivity index (χ0n) is 12.7. The second kappa shape index (κ2) is 6.00. The third-order valence-electron chi connectivity index (χ3n) is 3.65. The van der Waals surface area contributed by atoms with Gasteiger partial charge in [-0.1, -0.05) is 0 Å².